The maximum Gasteiger partial charge on any atom is 0.251 e. The molecule has 1 aromatic heterocycles. The molecule has 0 aliphatic heterocycles. The normalized spacial score (nSPS) is 11.3. The van der Waals surface area contributed by atoms with Crippen LogP contribution in [0.3, 0.4) is 0 Å². The molecule has 3 N–H and O–H groups in total. The first-order chi connectivity index (χ1) is 9.86. The molecule has 0 spiro atoms. The summed E-state index contributed by atoms with van der Waals surface area (Å²) >= 11 is 3.16. The van der Waals surface area contributed by atoms with Gasteiger partial charge in [-0.3, -0.25) is 4.79 Å². The predicted molar refractivity (Wildman–Crippen MR) is 80.3 cm³/mol. The van der Waals surface area contributed by atoms with Crippen LogP contribution in [-0.2, 0) is 16.4 Å². The molecule has 8 heteroatoms. The van der Waals surface area contributed by atoms with Gasteiger partial charge in [0.05, 0.1) is 11.2 Å². The number of nitrogens with two attached hydrogens (primary N) is 1. The molecule has 1 heterocycles. The van der Waals surface area contributed by atoms with Crippen molar-refractivity contribution in [1.29, 1.82) is 0 Å². The van der Waals surface area contributed by atoms with Crippen molar-refractivity contribution in [2.24, 2.45) is 5.14 Å². The maximum absolute atomic E-state index is 12.0. The molecule has 0 unspecified atom stereocenters. The van der Waals surface area contributed by atoms with Gasteiger partial charge in [0.2, 0.25) is 10.0 Å². The average Bonchev–Trinajstić information content (AvgIpc) is 2.90. The lowest BCUT2D eigenvalue weighted by atomic mass is 10.2. The third-order valence-electron chi connectivity index (χ3n) is 2.70. The Kier molecular flexibility index (Phi) is 4.81. The third-order valence-corrected chi connectivity index (χ3v) is 4.05. The minimum Gasteiger partial charge on any atom is -0.469 e. The standard InChI is InChI=1S/C13H13BrN2O4S/c14-10-6-9(7-12(8-10)21(15,18)19)13(17)16-4-3-11-2-1-5-20-11/h1-2,5-8H,3-4H2,(H,16,17)(H2,15,18,19). The number of benzene rings is 1. The highest BCUT2D eigenvalue weighted by Gasteiger charge is 2.14. The number of primary sulfonamides is 1. The Bertz CT molecular complexity index is 742. The van der Waals surface area contributed by atoms with E-state index < -0.39 is 10.0 Å². The fourth-order valence-electron chi connectivity index (χ4n) is 1.71. The number of carbonyl (C=O) groups excluding carboxylic acids is 1. The van der Waals surface area contributed by atoms with E-state index in [1.54, 1.807) is 12.3 Å². The van der Waals surface area contributed by atoms with Gasteiger partial charge in [0.25, 0.3) is 5.91 Å². The highest BCUT2D eigenvalue weighted by Crippen LogP contribution is 2.18. The first kappa shape index (κ1) is 15.7. The van der Waals surface area contributed by atoms with E-state index in [-0.39, 0.29) is 16.4 Å². The Morgan fingerprint density at radius 1 is 1.33 bits per heavy atom. The number of rotatable bonds is 5. The molecular weight excluding hydrogens is 360 g/mol. The second-order valence-electron chi connectivity index (χ2n) is 4.31. The van der Waals surface area contributed by atoms with Gasteiger partial charge in [0.1, 0.15) is 5.76 Å². The minimum absolute atomic E-state index is 0.118. The van der Waals surface area contributed by atoms with Crippen LogP contribution in [0, 0.1) is 0 Å². The van der Waals surface area contributed by atoms with Crippen molar-refractivity contribution >= 4 is 31.9 Å². The van der Waals surface area contributed by atoms with Gasteiger partial charge in [-0.05, 0) is 30.3 Å². The fourth-order valence-corrected chi connectivity index (χ4v) is 2.94. The molecule has 0 radical (unpaired) electrons. The number of hydrogen-bond acceptors (Lipinski definition) is 4. The zero-order valence-corrected chi connectivity index (χ0v) is 13.3. The van der Waals surface area contributed by atoms with Crippen LogP contribution in [0.2, 0.25) is 0 Å². The van der Waals surface area contributed by atoms with Crippen LogP contribution in [0.25, 0.3) is 0 Å². The van der Waals surface area contributed by atoms with E-state index in [1.807, 2.05) is 6.07 Å². The molecule has 21 heavy (non-hydrogen) atoms. The number of amides is 1. The van der Waals surface area contributed by atoms with Crippen LogP contribution >= 0.6 is 15.9 Å². The number of furan rings is 1. The van der Waals surface area contributed by atoms with Gasteiger partial charge in [0.15, 0.2) is 0 Å². The van der Waals surface area contributed by atoms with Crippen molar-refractivity contribution < 1.29 is 17.6 Å². The van der Waals surface area contributed by atoms with Crippen molar-refractivity contribution in [2.75, 3.05) is 6.54 Å². The molecule has 0 atom stereocenters. The van der Waals surface area contributed by atoms with Crippen LogP contribution in [0.15, 0.2) is 50.4 Å². The van der Waals surface area contributed by atoms with Gasteiger partial charge in [-0.2, -0.15) is 0 Å². The number of sulfonamides is 1. The van der Waals surface area contributed by atoms with Crippen LogP contribution in [0.5, 0.6) is 0 Å². The molecule has 0 saturated heterocycles. The fraction of sp³-hybridized carbons (Fsp3) is 0.154. The summed E-state index contributed by atoms with van der Waals surface area (Å²) < 4.78 is 28.3. The van der Waals surface area contributed by atoms with Crippen molar-refractivity contribution in [3.05, 3.63) is 52.4 Å². The summed E-state index contributed by atoms with van der Waals surface area (Å²) in [6.07, 6.45) is 2.11. The summed E-state index contributed by atoms with van der Waals surface area (Å²) in [5.74, 6) is 0.377. The van der Waals surface area contributed by atoms with E-state index >= 15 is 0 Å². The summed E-state index contributed by atoms with van der Waals surface area (Å²) in [6, 6.07) is 7.68. The van der Waals surface area contributed by atoms with E-state index in [9.17, 15) is 13.2 Å². The largest absolute Gasteiger partial charge is 0.469 e. The number of hydrogen-bond donors (Lipinski definition) is 2. The summed E-state index contributed by atoms with van der Waals surface area (Å²) in [6.45, 7) is 0.379. The molecule has 2 aromatic rings. The van der Waals surface area contributed by atoms with Gasteiger partial charge in [-0.25, -0.2) is 13.6 Å². The third kappa shape index (κ3) is 4.42. The van der Waals surface area contributed by atoms with Crippen LogP contribution in [-0.4, -0.2) is 20.9 Å². The van der Waals surface area contributed by atoms with Crippen LogP contribution in [0.1, 0.15) is 16.1 Å². The first-order valence-electron chi connectivity index (χ1n) is 6.00. The number of carbonyl (C=O) groups is 1. The Balaban J connectivity index is 2.07. The highest BCUT2D eigenvalue weighted by atomic mass is 79.9. The Hall–Kier alpha value is -1.64. The number of nitrogens with one attached hydrogen (secondary N) is 1. The Morgan fingerprint density at radius 2 is 2.10 bits per heavy atom. The molecule has 0 fully saturated rings. The van der Waals surface area contributed by atoms with Crippen molar-refractivity contribution in [3.8, 4) is 0 Å². The molecule has 1 amide bonds. The van der Waals surface area contributed by atoms with Gasteiger partial charge in [0, 0.05) is 23.0 Å². The minimum atomic E-state index is -3.86. The van der Waals surface area contributed by atoms with E-state index in [4.69, 9.17) is 9.56 Å². The second kappa shape index (κ2) is 6.42. The lowest BCUT2D eigenvalue weighted by molar-refractivity contribution is 0.0953. The van der Waals surface area contributed by atoms with E-state index in [0.29, 0.717) is 17.4 Å². The quantitative estimate of drug-likeness (QED) is 0.832. The summed E-state index contributed by atoms with van der Waals surface area (Å²) in [4.78, 5) is 11.9. The monoisotopic (exact) mass is 372 g/mol. The molecular formula is C13H13BrN2O4S. The molecule has 0 aliphatic rings. The van der Waals surface area contributed by atoms with Gasteiger partial charge in [-0.1, -0.05) is 15.9 Å². The average molecular weight is 373 g/mol. The van der Waals surface area contributed by atoms with E-state index in [2.05, 4.69) is 21.2 Å². The molecule has 0 saturated carbocycles. The zero-order valence-electron chi connectivity index (χ0n) is 10.9. The lowest BCUT2D eigenvalue weighted by Gasteiger charge is -2.07. The molecule has 1 aromatic carbocycles. The predicted octanol–water partition coefficient (Wildman–Crippen LogP) is 1.66. The van der Waals surface area contributed by atoms with E-state index in [0.717, 1.165) is 5.76 Å². The van der Waals surface area contributed by atoms with Gasteiger partial charge in [-0.15, -0.1) is 0 Å². The smallest absolute Gasteiger partial charge is 0.251 e. The summed E-state index contributed by atoms with van der Waals surface area (Å²) in [7, 11) is -3.86. The Morgan fingerprint density at radius 3 is 2.71 bits per heavy atom. The van der Waals surface area contributed by atoms with Crippen LogP contribution < -0.4 is 10.5 Å². The van der Waals surface area contributed by atoms with Crippen molar-refractivity contribution in [3.63, 3.8) is 0 Å². The van der Waals surface area contributed by atoms with E-state index in [1.165, 1.54) is 18.2 Å². The zero-order chi connectivity index (χ0) is 15.5. The number of halogens is 1. The van der Waals surface area contributed by atoms with Crippen LogP contribution in [0.4, 0.5) is 0 Å². The molecule has 0 bridgehead atoms. The van der Waals surface area contributed by atoms with Crippen molar-refractivity contribution in [1.82, 2.24) is 5.32 Å². The van der Waals surface area contributed by atoms with Crippen molar-refractivity contribution in [2.45, 2.75) is 11.3 Å². The SMILES string of the molecule is NS(=O)(=O)c1cc(Br)cc(C(=O)NCCc2ccco2)c1. The molecule has 112 valence electrons. The van der Waals surface area contributed by atoms with Gasteiger partial charge < -0.3 is 9.73 Å². The highest BCUT2D eigenvalue weighted by molar-refractivity contribution is 9.10. The topological polar surface area (TPSA) is 102 Å². The molecule has 0 aliphatic carbocycles. The molecule has 2 rings (SSSR count). The molecule has 6 nitrogen and oxygen atoms in total. The second-order valence-corrected chi connectivity index (χ2v) is 6.78. The van der Waals surface area contributed by atoms with Gasteiger partial charge >= 0.3 is 0 Å². The lowest BCUT2D eigenvalue weighted by Crippen LogP contribution is -2.26. The summed E-state index contributed by atoms with van der Waals surface area (Å²) in [5.41, 5.74) is 0.216. The summed E-state index contributed by atoms with van der Waals surface area (Å²) in [5, 5.41) is 7.75. The maximum atomic E-state index is 12.0. The Labute approximate surface area is 130 Å². The first-order valence-corrected chi connectivity index (χ1v) is 8.34.